The van der Waals surface area contributed by atoms with E-state index in [9.17, 15) is 83.5 Å². The summed E-state index contributed by atoms with van der Waals surface area (Å²) in [7, 11) is -5.29. The molecule has 0 aromatic heterocycles. The van der Waals surface area contributed by atoms with Gasteiger partial charge in [0.05, 0.1) is 19.8 Å². The molecule has 0 bridgehead atoms. The predicted molar refractivity (Wildman–Crippen MR) is 156 cm³/mol. The summed E-state index contributed by atoms with van der Waals surface area (Å²) in [6, 6.07) is -1.91. The third kappa shape index (κ3) is 9.72. The minimum atomic E-state index is -5.29. The van der Waals surface area contributed by atoms with Crippen LogP contribution in [0.5, 0.6) is 0 Å². The molecule has 19 atom stereocenters. The van der Waals surface area contributed by atoms with Crippen LogP contribution in [0.4, 0.5) is 0 Å². The molecule has 53 heavy (non-hydrogen) atoms. The Bertz CT molecular complexity index is 1390. The number of carboxylic acid groups (broad SMARTS) is 2. The molecular formula is C26H41NO25S. The van der Waals surface area contributed by atoms with Gasteiger partial charge in [0.15, 0.2) is 31.1 Å². The van der Waals surface area contributed by atoms with E-state index in [1.807, 2.05) is 0 Å². The van der Waals surface area contributed by atoms with Crippen molar-refractivity contribution in [2.45, 2.75) is 123 Å². The molecule has 4 fully saturated rings. The Kier molecular flexibility index (Phi) is 14.4. The number of carbonyl (C=O) groups excluding carboxylic acids is 1. The molecule has 0 aromatic rings. The largest absolute Gasteiger partial charge is 0.479 e. The fraction of sp³-hybridized carbons (Fsp3) is 0.885. The van der Waals surface area contributed by atoms with Crippen molar-refractivity contribution in [3.05, 3.63) is 0 Å². The van der Waals surface area contributed by atoms with Crippen LogP contribution in [0.2, 0.25) is 0 Å². The van der Waals surface area contributed by atoms with Gasteiger partial charge in [-0.2, -0.15) is 8.42 Å². The lowest BCUT2D eigenvalue weighted by molar-refractivity contribution is -0.364. The first-order valence-corrected chi connectivity index (χ1v) is 17.0. The zero-order valence-corrected chi connectivity index (χ0v) is 28.0. The summed E-state index contributed by atoms with van der Waals surface area (Å²) in [5, 5.41) is 115. The van der Waals surface area contributed by atoms with Crippen LogP contribution in [0.1, 0.15) is 6.92 Å². The third-order valence-corrected chi connectivity index (χ3v) is 9.13. The highest BCUT2D eigenvalue weighted by Crippen LogP contribution is 2.35. The van der Waals surface area contributed by atoms with Crippen molar-refractivity contribution in [2.24, 2.45) is 0 Å². The zero-order chi connectivity index (χ0) is 39.7. The van der Waals surface area contributed by atoms with Gasteiger partial charge in [-0.3, -0.25) is 9.35 Å². The lowest BCUT2D eigenvalue weighted by atomic mass is 9.94. The number of nitrogens with one attached hydrogen (secondary N) is 1. The highest BCUT2D eigenvalue weighted by Gasteiger charge is 2.57. The van der Waals surface area contributed by atoms with Crippen LogP contribution < -0.4 is 5.32 Å². The lowest BCUT2D eigenvalue weighted by Gasteiger charge is -2.49. The average molecular weight is 800 g/mol. The number of amides is 1. The highest BCUT2D eigenvalue weighted by atomic mass is 32.3. The van der Waals surface area contributed by atoms with Crippen LogP contribution in [0.15, 0.2) is 0 Å². The first-order valence-electron chi connectivity index (χ1n) is 15.6. The molecule has 0 unspecified atom stereocenters. The summed E-state index contributed by atoms with van der Waals surface area (Å²) < 4.78 is 74.2. The number of rotatable bonds is 14. The van der Waals surface area contributed by atoms with Crippen LogP contribution in [0.3, 0.4) is 0 Å². The molecule has 0 aromatic carbocycles. The smallest absolute Gasteiger partial charge is 0.397 e. The van der Waals surface area contributed by atoms with Crippen molar-refractivity contribution in [3.8, 4) is 0 Å². The maximum absolute atomic E-state index is 12.3. The number of ether oxygens (including phenoxy) is 7. The summed E-state index contributed by atoms with van der Waals surface area (Å²) in [4.78, 5) is 36.1. The fourth-order valence-electron chi connectivity index (χ4n) is 6.09. The minimum Gasteiger partial charge on any atom is -0.479 e. The molecule has 13 N–H and O–H groups in total. The molecule has 26 nitrogen and oxygen atoms in total. The maximum atomic E-state index is 12.3. The molecule has 0 radical (unpaired) electrons. The van der Waals surface area contributed by atoms with Crippen LogP contribution in [-0.4, -0.2) is 223 Å². The van der Waals surface area contributed by atoms with E-state index in [0.717, 1.165) is 6.92 Å². The van der Waals surface area contributed by atoms with Gasteiger partial charge in [0, 0.05) is 6.92 Å². The van der Waals surface area contributed by atoms with Crippen LogP contribution in [-0.2, 0) is 62.1 Å². The molecule has 27 heteroatoms. The van der Waals surface area contributed by atoms with Gasteiger partial charge >= 0.3 is 22.3 Å². The van der Waals surface area contributed by atoms with Crippen molar-refractivity contribution in [2.75, 3.05) is 19.8 Å². The Morgan fingerprint density at radius 3 is 1.62 bits per heavy atom. The molecule has 0 saturated carbocycles. The molecular weight excluding hydrogens is 758 g/mol. The summed E-state index contributed by atoms with van der Waals surface area (Å²) in [6.07, 6.45) is -36.4. The lowest BCUT2D eigenvalue weighted by Crippen LogP contribution is -2.70. The SMILES string of the molecule is CC(=O)N[C@H]1[C@@H](O[C@H]2[C@H](O)[C@@H](O)[C@H](O[C@H]3[C@H](O)[C@@H](CO)O[C@@H]3CO)O[C@@H]2C(=O)O)O[C@H](COS(=O)(=O)O)[C@@H](O[C@@H]2O[C@@H](C(=O)O)[C@@H](O)[C@H](O)[C@H]2O)[C@@H]1O. The quantitative estimate of drug-likeness (QED) is 0.0725. The van der Waals surface area contributed by atoms with E-state index in [2.05, 4.69) is 9.50 Å². The van der Waals surface area contributed by atoms with E-state index >= 15 is 0 Å². The molecule has 306 valence electrons. The van der Waals surface area contributed by atoms with E-state index in [-0.39, 0.29) is 0 Å². The molecule has 0 aliphatic carbocycles. The molecule has 4 aliphatic heterocycles. The van der Waals surface area contributed by atoms with Gasteiger partial charge in [0.25, 0.3) is 0 Å². The van der Waals surface area contributed by atoms with Gasteiger partial charge in [-0.15, -0.1) is 0 Å². The van der Waals surface area contributed by atoms with Crippen molar-refractivity contribution in [1.29, 1.82) is 0 Å². The van der Waals surface area contributed by atoms with Gasteiger partial charge in [0.1, 0.15) is 85.4 Å². The fourth-order valence-corrected chi connectivity index (χ4v) is 6.39. The van der Waals surface area contributed by atoms with E-state index < -0.39 is 165 Å². The number of hydrogen-bond donors (Lipinski definition) is 13. The maximum Gasteiger partial charge on any atom is 0.397 e. The van der Waals surface area contributed by atoms with E-state index in [1.165, 1.54) is 0 Å². The second-order valence-corrected chi connectivity index (χ2v) is 13.4. The Labute approximate surface area is 297 Å². The average Bonchev–Trinajstić information content (AvgIpc) is 3.38. The van der Waals surface area contributed by atoms with E-state index in [0.29, 0.717) is 0 Å². The van der Waals surface area contributed by atoms with Gasteiger partial charge in [0.2, 0.25) is 5.91 Å². The topological polar surface area (TPSA) is 414 Å². The van der Waals surface area contributed by atoms with Gasteiger partial charge in [-0.05, 0) is 0 Å². The molecule has 1 amide bonds. The van der Waals surface area contributed by atoms with Crippen LogP contribution in [0.25, 0.3) is 0 Å². The van der Waals surface area contributed by atoms with Crippen molar-refractivity contribution >= 4 is 28.2 Å². The monoisotopic (exact) mass is 799 g/mol. The molecule has 4 rings (SSSR count). The van der Waals surface area contributed by atoms with Crippen molar-refractivity contribution in [3.63, 3.8) is 0 Å². The molecule has 4 aliphatic rings. The Hall–Kier alpha value is -2.36. The number of aliphatic hydroxyl groups is 9. The number of aliphatic carboxylic acids is 2. The Morgan fingerprint density at radius 1 is 0.604 bits per heavy atom. The van der Waals surface area contributed by atoms with Crippen molar-refractivity contribution < 1.29 is 121 Å². The van der Waals surface area contributed by atoms with Crippen LogP contribution in [0, 0.1) is 0 Å². The molecule has 4 saturated heterocycles. The summed E-state index contributed by atoms with van der Waals surface area (Å²) in [5.41, 5.74) is 0. The number of aliphatic hydroxyl groups excluding tert-OH is 9. The third-order valence-electron chi connectivity index (χ3n) is 8.69. The standard InChI is InChI=1S/C26H41NO25S/c1-5(30)27-9-11(32)18(49-25-15(36)12(33)13(34)20(51-25)22(38)39)8(4-45-53(42,43)44)47-24(9)50-19-14(35)16(37)26(52-21(19)23(40)41)48-17-7(3-29)46-6(2-28)10(17)31/h6-21,24-26,28-29,31-37H,2-4H2,1H3,(H,27,30)(H,38,39)(H,40,41)(H,42,43,44)/t6-,7-,8-,9-,10-,11-,12+,13+,14-,15-,16-,17-,18-,19+,20-,21+,24-,25-,26-/m1/s1. The summed E-state index contributed by atoms with van der Waals surface area (Å²) in [6.45, 7) is -1.87. The Morgan fingerprint density at radius 2 is 1.11 bits per heavy atom. The number of hydrogen-bond acceptors (Lipinski definition) is 22. The number of carboxylic acids is 2. The van der Waals surface area contributed by atoms with Crippen LogP contribution >= 0.6 is 0 Å². The first kappa shape index (κ1) is 43.4. The second kappa shape index (κ2) is 17.6. The number of carbonyl (C=O) groups is 3. The second-order valence-electron chi connectivity index (χ2n) is 12.3. The van der Waals surface area contributed by atoms with Gasteiger partial charge < -0.3 is 94.6 Å². The van der Waals surface area contributed by atoms with Gasteiger partial charge in [-0.25, -0.2) is 13.8 Å². The Balaban J connectivity index is 1.62. The predicted octanol–water partition coefficient (Wildman–Crippen LogP) is -8.91. The normalized spacial score (nSPS) is 45.1. The minimum absolute atomic E-state index is 0.727. The highest BCUT2D eigenvalue weighted by molar-refractivity contribution is 7.80. The van der Waals surface area contributed by atoms with Crippen molar-refractivity contribution in [1.82, 2.24) is 5.32 Å². The first-order chi connectivity index (χ1) is 24.7. The zero-order valence-electron chi connectivity index (χ0n) is 27.2. The molecule has 4 heterocycles. The molecule has 0 spiro atoms. The summed E-state index contributed by atoms with van der Waals surface area (Å²) in [5.74, 6) is -4.64. The van der Waals surface area contributed by atoms with E-state index in [1.54, 1.807) is 0 Å². The van der Waals surface area contributed by atoms with E-state index in [4.69, 9.17) is 33.2 Å². The van der Waals surface area contributed by atoms with Gasteiger partial charge in [-0.1, -0.05) is 0 Å². The summed E-state index contributed by atoms with van der Waals surface area (Å²) >= 11 is 0.